The maximum absolute atomic E-state index is 13.1. The van der Waals surface area contributed by atoms with E-state index in [9.17, 15) is 9.59 Å². The molecule has 1 amide bonds. The van der Waals surface area contributed by atoms with Gasteiger partial charge in [-0.15, -0.1) is 0 Å². The molecule has 158 valence electrons. The van der Waals surface area contributed by atoms with Crippen LogP contribution in [0, 0.1) is 5.92 Å². The number of hydrogen-bond acceptors (Lipinski definition) is 5. The van der Waals surface area contributed by atoms with E-state index in [-0.39, 0.29) is 22.8 Å². The van der Waals surface area contributed by atoms with Gasteiger partial charge in [0, 0.05) is 13.7 Å². The minimum atomic E-state index is -0.340. The third-order valence-electron chi connectivity index (χ3n) is 5.57. The fourth-order valence-corrected chi connectivity index (χ4v) is 4.94. The predicted molar refractivity (Wildman–Crippen MR) is 117 cm³/mol. The lowest BCUT2D eigenvalue weighted by Crippen LogP contribution is -2.36. The van der Waals surface area contributed by atoms with E-state index in [0.29, 0.717) is 28.6 Å². The minimum absolute atomic E-state index is 0.00562. The average Bonchev–Trinajstić information content (AvgIpc) is 2.73. The number of thioether (sulfide) groups is 1. The second-order valence-electron chi connectivity index (χ2n) is 7.90. The van der Waals surface area contributed by atoms with Gasteiger partial charge in [-0.3, -0.25) is 14.2 Å². The number of carbonyl (C=O) groups excluding carboxylic acids is 1. The van der Waals surface area contributed by atoms with Crippen molar-refractivity contribution in [2.75, 3.05) is 20.3 Å². The number of fused-ring (bicyclic) bond motifs is 1. The Morgan fingerprint density at radius 1 is 1.28 bits per heavy atom. The number of amides is 1. The highest BCUT2D eigenvalue weighted by molar-refractivity contribution is 8.00. The van der Waals surface area contributed by atoms with Crippen LogP contribution in [0.25, 0.3) is 10.9 Å². The Hall–Kier alpha value is -1.86. The molecule has 3 rings (SSSR count). The van der Waals surface area contributed by atoms with Crippen LogP contribution in [0.2, 0.25) is 0 Å². The molecule has 1 heterocycles. The second kappa shape index (κ2) is 10.3. The Labute approximate surface area is 176 Å². The van der Waals surface area contributed by atoms with E-state index in [1.54, 1.807) is 17.7 Å². The molecule has 1 aromatic heterocycles. The van der Waals surface area contributed by atoms with E-state index in [2.05, 4.69) is 5.32 Å². The number of nitrogens with zero attached hydrogens (tertiary/aromatic N) is 2. The summed E-state index contributed by atoms with van der Waals surface area (Å²) in [5, 5.41) is 3.89. The van der Waals surface area contributed by atoms with Crippen molar-refractivity contribution in [3.63, 3.8) is 0 Å². The highest BCUT2D eigenvalue weighted by Crippen LogP contribution is 2.26. The van der Waals surface area contributed by atoms with Crippen molar-refractivity contribution in [2.45, 2.75) is 62.4 Å². The first-order valence-electron chi connectivity index (χ1n) is 10.5. The minimum Gasteiger partial charge on any atom is -0.383 e. The topological polar surface area (TPSA) is 73.2 Å². The fourth-order valence-electron chi connectivity index (χ4n) is 3.90. The molecule has 2 aromatic rings. The number of ether oxygens (including phenoxy) is 1. The molecule has 1 aromatic carbocycles. The molecule has 1 saturated carbocycles. The van der Waals surface area contributed by atoms with Crippen LogP contribution < -0.4 is 10.9 Å². The zero-order valence-electron chi connectivity index (χ0n) is 17.5. The summed E-state index contributed by atoms with van der Waals surface area (Å²) in [6, 6.07) is 7.15. The van der Waals surface area contributed by atoms with Gasteiger partial charge in [-0.05, 0) is 44.7 Å². The summed E-state index contributed by atoms with van der Waals surface area (Å²) in [5.41, 5.74) is 0.549. The number of methoxy groups -OCH3 is 1. The molecule has 0 spiro atoms. The van der Waals surface area contributed by atoms with Gasteiger partial charge in [0.15, 0.2) is 5.16 Å². The van der Waals surface area contributed by atoms with Crippen LogP contribution in [0.15, 0.2) is 34.2 Å². The molecule has 0 radical (unpaired) electrons. The lowest BCUT2D eigenvalue weighted by molar-refractivity contribution is -0.120. The van der Waals surface area contributed by atoms with Gasteiger partial charge in [-0.25, -0.2) is 4.98 Å². The van der Waals surface area contributed by atoms with Crippen molar-refractivity contribution in [1.82, 2.24) is 14.9 Å². The summed E-state index contributed by atoms with van der Waals surface area (Å²) in [6.07, 6.45) is 6.22. The van der Waals surface area contributed by atoms with Crippen LogP contribution >= 0.6 is 11.8 Å². The predicted octanol–water partition coefficient (Wildman–Crippen LogP) is 3.78. The first-order chi connectivity index (χ1) is 14.0. The molecule has 2 unspecified atom stereocenters. The maximum Gasteiger partial charge on any atom is 0.262 e. The van der Waals surface area contributed by atoms with Crippen molar-refractivity contribution in [3.05, 3.63) is 34.6 Å². The van der Waals surface area contributed by atoms with Crippen LogP contribution in [0.5, 0.6) is 0 Å². The summed E-state index contributed by atoms with van der Waals surface area (Å²) in [7, 11) is 1.62. The van der Waals surface area contributed by atoms with Crippen LogP contribution in [0.1, 0.15) is 52.0 Å². The molecule has 1 fully saturated rings. The van der Waals surface area contributed by atoms with E-state index in [0.717, 1.165) is 6.54 Å². The van der Waals surface area contributed by atoms with Gasteiger partial charge in [-0.1, -0.05) is 43.2 Å². The highest BCUT2D eigenvalue weighted by atomic mass is 32.2. The lowest BCUT2D eigenvalue weighted by atomic mass is 9.89. The van der Waals surface area contributed by atoms with Gasteiger partial charge >= 0.3 is 0 Å². The van der Waals surface area contributed by atoms with Gasteiger partial charge < -0.3 is 10.1 Å². The van der Waals surface area contributed by atoms with Crippen LogP contribution in [-0.2, 0) is 9.53 Å². The molecular weight excluding hydrogens is 386 g/mol. The Morgan fingerprint density at radius 3 is 2.72 bits per heavy atom. The van der Waals surface area contributed by atoms with Crippen LogP contribution in [-0.4, -0.2) is 41.0 Å². The summed E-state index contributed by atoms with van der Waals surface area (Å²) in [4.78, 5) is 30.5. The number of rotatable bonds is 8. The lowest BCUT2D eigenvalue weighted by Gasteiger charge is -2.23. The number of nitrogens with one attached hydrogen (secondary N) is 1. The molecule has 0 bridgehead atoms. The smallest absolute Gasteiger partial charge is 0.262 e. The Morgan fingerprint density at radius 2 is 2.00 bits per heavy atom. The van der Waals surface area contributed by atoms with Gasteiger partial charge in [0.1, 0.15) is 0 Å². The monoisotopic (exact) mass is 417 g/mol. The molecule has 29 heavy (non-hydrogen) atoms. The molecule has 6 nitrogen and oxygen atoms in total. The normalized spacial score (nSPS) is 17.2. The fraction of sp³-hybridized carbons (Fsp3) is 0.591. The van der Waals surface area contributed by atoms with Crippen LogP contribution in [0.4, 0.5) is 0 Å². The third-order valence-corrected chi connectivity index (χ3v) is 6.63. The van der Waals surface area contributed by atoms with Gasteiger partial charge in [-0.2, -0.15) is 0 Å². The second-order valence-corrected chi connectivity index (χ2v) is 9.21. The quantitative estimate of drug-likeness (QED) is 0.523. The maximum atomic E-state index is 13.1. The number of benzene rings is 1. The first-order valence-corrected chi connectivity index (χ1v) is 11.3. The highest BCUT2D eigenvalue weighted by Gasteiger charge is 2.22. The molecule has 1 aliphatic carbocycles. The van der Waals surface area contributed by atoms with Crippen LogP contribution in [0.3, 0.4) is 0 Å². The average molecular weight is 418 g/mol. The van der Waals surface area contributed by atoms with Crippen molar-refractivity contribution >= 4 is 28.6 Å². The zero-order chi connectivity index (χ0) is 20.8. The summed E-state index contributed by atoms with van der Waals surface area (Å²) < 4.78 is 6.92. The molecule has 0 saturated heterocycles. The van der Waals surface area contributed by atoms with Crippen molar-refractivity contribution in [2.24, 2.45) is 5.92 Å². The standard InChI is InChI=1S/C22H31N3O3S/c1-15(14-28-3)25-21(27)18-11-7-8-12-19(18)24-22(25)29-16(2)20(26)23-13-17-9-5-4-6-10-17/h7-8,11-12,15-17H,4-6,9-10,13-14H2,1-3H3,(H,23,26). The van der Waals surface area contributed by atoms with E-state index in [1.165, 1.54) is 43.9 Å². The first kappa shape index (κ1) is 21.8. The van der Waals surface area contributed by atoms with Gasteiger partial charge in [0.05, 0.1) is 28.8 Å². The Bertz CT molecular complexity index is 892. The van der Waals surface area contributed by atoms with Gasteiger partial charge in [0.25, 0.3) is 5.56 Å². The summed E-state index contributed by atoms with van der Waals surface area (Å²) in [5.74, 6) is 0.581. The number of aromatic nitrogens is 2. The molecular formula is C22H31N3O3S. The number of hydrogen-bond donors (Lipinski definition) is 1. The molecule has 7 heteroatoms. The van der Waals surface area contributed by atoms with E-state index in [1.807, 2.05) is 32.0 Å². The largest absolute Gasteiger partial charge is 0.383 e. The molecule has 2 atom stereocenters. The van der Waals surface area contributed by atoms with Crippen molar-refractivity contribution in [3.8, 4) is 0 Å². The summed E-state index contributed by atoms with van der Waals surface area (Å²) in [6.45, 7) is 4.93. The zero-order valence-corrected chi connectivity index (χ0v) is 18.3. The van der Waals surface area contributed by atoms with Crippen molar-refractivity contribution < 1.29 is 9.53 Å². The Balaban J connectivity index is 1.79. The van der Waals surface area contributed by atoms with Gasteiger partial charge in [0.2, 0.25) is 5.91 Å². The molecule has 1 N–H and O–H groups in total. The summed E-state index contributed by atoms with van der Waals surface area (Å²) >= 11 is 1.33. The Kier molecular flexibility index (Phi) is 7.72. The SMILES string of the molecule is COCC(C)n1c(SC(C)C(=O)NCC2CCCCC2)nc2ccccc2c1=O. The molecule has 1 aliphatic rings. The van der Waals surface area contributed by atoms with E-state index >= 15 is 0 Å². The van der Waals surface area contributed by atoms with E-state index in [4.69, 9.17) is 9.72 Å². The molecule has 0 aliphatic heterocycles. The number of para-hydroxylation sites is 1. The number of carbonyl (C=O) groups is 1. The third kappa shape index (κ3) is 5.39. The van der Waals surface area contributed by atoms with Crippen molar-refractivity contribution in [1.29, 1.82) is 0 Å². The van der Waals surface area contributed by atoms with E-state index < -0.39 is 0 Å².